The molecule has 3 atom stereocenters. The molecule has 2 heteroatoms. The quantitative estimate of drug-likeness (QED) is 0.687. The van der Waals surface area contributed by atoms with Gasteiger partial charge < -0.3 is 4.74 Å². The van der Waals surface area contributed by atoms with Crippen molar-refractivity contribution in [2.24, 2.45) is 23.7 Å². The number of hydrogen-bond acceptors (Lipinski definition) is 2. The Labute approximate surface area is 99.8 Å². The van der Waals surface area contributed by atoms with Crippen molar-refractivity contribution >= 4 is 5.97 Å². The Morgan fingerprint density at radius 2 is 1.81 bits per heavy atom. The van der Waals surface area contributed by atoms with Gasteiger partial charge in [-0.15, -0.1) is 0 Å². The molecule has 0 N–H and O–H groups in total. The van der Waals surface area contributed by atoms with Crippen molar-refractivity contribution in [1.82, 2.24) is 0 Å². The van der Waals surface area contributed by atoms with E-state index in [0.29, 0.717) is 17.8 Å². The topological polar surface area (TPSA) is 26.3 Å². The first kappa shape index (κ1) is 13.5. The minimum Gasteiger partial charge on any atom is -0.462 e. The third-order valence-corrected chi connectivity index (χ3v) is 3.70. The molecular formula is C14H26O2. The first-order valence-corrected chi connectivity index (χ1v) is 6.62. The highest BCUT2D eigenvalue weighted by molar-refractivity contribution is 5.71. The Hall–Kier alpha value is -0.530. The average molecular weight is 226 g/mol. The second-order valence-electron chi connectivity index (χ2n) is 5.96. The summed E-state index contributed by atoms with van der Waals surface area (Å²) in [6.45, 7) is 10.5. The van der Waals surface area contributed by atoms with Gasteiger partial charge in [0.1, 0.15) is 6.10 Å². The zero-order valence-electron chi connectivity index (χ0n) is 11.3. The molecule has 1 aliphatic carbocycles. The molecule has 0 spiro atoms. The fourth-order valence-electron chi connectivity index (χ4n) is 2.54. The summed E-state index contributed by atoms with van der Waals surface area (Å²) >= 11 is 0. The predicted octanol–water partition coefficient (Wildman–Crippen LogP) is 3.65. The summed E-state index contributed by atoms with van der Waals surface area (Å²) in [5, 5.41) is 0. The third kappa shape index (κ3) is 3.50. The Morgan fingerprint density at radius 1 is 1.19 bits per heavy atom. The third-order valence-electron chi connectivity index (χ3n) is 3.70. The van der Waals surface area contributed by atoms with E-state index in [-0.39, 0.29) is 18.0 Å². The van der Waals surface area contributed by atoms with Gasteiger partial charge in [-0.05, 0) is 30.6 Å². The van der Waals surface area contributed by atoms with Gasteiger partial charge in [-0.1, -0.05) is 41.0 Å². The second-order valence-corrected chi connectivity index (χ2v) is 5.96. The van der Waals surface area contributed by atoms with E-state index in [2.05, 4.69) is 20.8 Å². The maximum Gasteiger partial charge on any atom is 0.308 e. The fraction of sp³-hybridized carbons (Fsp3) is 0.929. The van der Waals surface area contributed by atoms with Crippen molar-refractivity contribution in [3.05, 3.63) is 0 Å². The molecule has 1 fully saturated rings. The van der Waals surface area contributed by atoms with Gasteiger partial charge in [-0.3, -0.25) is 4.79 Å². The average Bonchev–Trinajstić information content (AvgIpc) is 2.16. The van der Waals surface area contributed by atoms with Gasteiger partial charge in [-0.2, -0.15) is 0 Å². The molecule has 1 saturated carbocycles. The van der Waals surface area contributed by atoms with Gasteiger partial charge in [0.25, 0.3) is 0 Å². The zero-order chi connectivity index (χ0) is 12.3. The highest BCUT2D eigenvalue weighted by atomic mass is 16.5. The Morgan fingerprint density at radius 3 is 2.31 bits per heavy atom. The molecule has 0 unspecified atom stereocenters. The number of hydrogen-bond donors (Lipinski definition) is 0. The SMILES string of the molecule is CC(C)C(=O)O[C@H]1C[C@@H](C)CC[C@@H]1C(C)C. The molecule has 0 bridgehead atoms. The zero-order valence-corrected chi connectivity index (χ0v) is 11.3. The molecule has 94 valence electrons. The Balaban J connectivity index is 2.61. The van der Waals surface area contributed by atoms with Gasteiger partial charge in [0, 0.05) is 0 Å². The Kier molecular flexibility index (Phi) is 4.82. The number of carbonyl (C=O) groups is 1. The van der Waals surface area contributed by atoms with Crippen molar-refractivity contribution in [2.75, 3.05) is 0 Å². The summed E-state index contributed by atoms with van der Waals surface area (Å²) in [5.41, 5.74) is 0. The van der Waals surface area contributed by atoms with Gasteiger partial charge in [-0.25, -0.2) is 0 Å². The number of rotatable bonds is 3. The summed E-state index contributed by atoms with van der Waals surface area (Å²) in [6, 6.07) is 0. The van der Waals surface area contributed by atoms with Crippen molar-refractivity contribution < 1.29 is 9.53 Å². The lowest BCUT2D eigenvalue weighted by atomic mass is 9.75. The molecule has 0 saturated heterocycles. The van der Waals surface area contributed by atoms with E-state index in [1.165, 1.54) is 12.8 Å². The lowest BCUT2D eigenvalue weighted by Crippen LogP contribution is -2.36. The van der Waals surface area contributed by atoms with E-state index in [0.717, 1.165) is 6.42 Å². The second kappa shape index (κ2) is 5.70. The molecule has 0 amide bonds. The normalized spacial score (nSPS) is 30.8. The smallest absolute Gasteiger partial charge is 0.308 e. The predicted molar refractivity (Wildman–Crippen MR) is 66.1 cm³/mol. The molecule has 2 nitrogen and oxygen atoms in total. The maximum absolute atomic E-state index is 11.7. The van der Waals surface area contributed by atoms with Gasteiger partial charge >= 0.3 is 5.97 Å². The Bertz CT molecular complexity index is 233. The number of ether oxygens (including phenoxy) is 1. The van der Waals surface area contributed by atoms with Crippen LogP contribution in [0.15, 0.2) is 0 Å². The van der Waals surface area contributed by atoms with Crippen LogP contribution in [-0.4, -0.2) is 12.1 Å². The van der Waals surface area contributed by atoms with Crippen LogP contribution >= 0.6 is 0 Å². The molecule has 0 aromatic rings. The van der Waals surface area contributed by atoms with Crippen LogP contribution in [-0.2, 0) is 9.53 Å². The van der Waals surface area contributed by atoms with E-state index < -0.39 is 0 Å². The molecule has 0 aromatic carbocycles. The number of carbonyl (C=O) groups excluding carboxylic acids is 1. The fourth-order valence-corrected chi connectivity index (χ4v) is 2.54. The first-order chi connectivity index (χ1) is 7.41. The van der Waals surface area contributed by atoms with Crippen LogP contribution < -0.4 is 0 Å². The van der Waals surface area contributed by atoms with Gasteiger partial charge in [0.15, 0.2) is 0 Å². The molecule has 1 rings (SSSR count). The highest BCUT2D eigenvalue weighted by Crippen LogP contribution is 2.35. The summed E-state index contributed by atoms with van der Waals surface area (Å²) in [4.78, 5) is 11.7. The van der Waals surface area contributed by atoms with Crippen LogP contribution in [0.3, 0.4) is 0 Å². The van der Waals surface area contributed by atoms with Gasteiger partial charge in [0.2, 0.25) is 0 Å². The summed E-state index contributed by atoms with van der Waals surface area (Å²) in [7, 11) is 0. The van der Waals surface area contributed by atoms with E-state index in [1.807, 2.05) is 13.8 Å². The standard InChI is InChI=1S/C14H26O2/c1-9(2)12-7-6-11(5)8-13(12)16-14(15)10(3)4/h9-13H,6-8H2,1-5H3/t11-,12+,13-/m0/s1. The summed E-state index contributed by atoms with van der Waals surface area (Å²) in [5.74, 6) is 1.81. The molecule has 1 aliphatic rings. The van der Waals surface area contributed by atoms with E-state index in [1.54, 1.807) is 0 Å². The first-order valence-electron chi connectivity index (χ1n) is 6.62. The number of esters is 1. The largest absolute Gasteiger partial charge is 0.462 e. The molecule has 16 heavy (non-hydrogen) atoms. The van der Waals surface area contributed by atoms with Crippen molar-refractivity contribution in [1.29, 1.82) is 0 Å². The molecule has 0 radical (unpaired) electrons. The van der Waals surface area contributed by atoms with E-state index >= 15 is 0 Å². The van der Waals surface area contributed by atoms with Crippen LogP contribution in [0.25, 0.3) is 0 Å². The highest BCUT2D eigenvalue weighted by Gasteiger charge is 2.33. The lowest BCUT2D eigenvalue weighted by molar-refractivity contribution is -0.159. The van der Waals surface area contributed by atoms with Crippen molar-refractivity contribution in [3.63, 3.8) is 0 Å². The lowest BCUT2D eigenvalue weighted by Gasteiger charge is -2.37. The molecule has 0 aliphatic heterocycles. The molecule has 0 heterocycles. The minimum absolute atomic E-state index is 0.00922. The minimum atomic E-state index is -0.0373. The summed E-state index contributed by atoms with van der Waals surface area (Å²) in [6.07, 6.45) is 3.67. The van der Waals surface area contributed by atoms with Gasteiger partial charge in [0.05, 0.1) is 5.92 Å². The molecular weight excluding hydrogens is 200 g/mol. The van der Waals surface area contributed by atoms with E-state index in [4.69, 9.17) is 4.74 Å². The van der Waals surface area contributed by atoms with Crippen LogP contribution in [0.5, 0.6) is 0 Å². The monoisotopic (exact) mass is 226 g/mol. The van der Waals surface area contributed by atoms with Crippen LogP contribution in [0, 0.1) is 23.7 Å². The summed E-state index contributed by atoms with van der Waals surface area (Å²) < 4.78 is 5.66. The van der Waals surface area contributed by atoms with E-state index in [9.17, 15) is 4.79 Å². The van der Waals surface area contributed by atoms with Crippen LogP contribution in [0.4, 0.5) is 0 Å². The molecule has 0 aromatic heterocycles. The van der Waals surface area contributed by atoms with Crippen molar-refractivity contribution in [3.8, 4) is 0 Å². The van der Waals surface area contributed by atoms with Crippen molar-refractivity contribution in [2.45, 2.75) is 60.0 Å². The maximum atomic E-state index is 11.7. The van der Waals surface area contributed by atoms with Crippen LogP contribution in [0.2, 0.25) is 0 Å². The van der Waals surface area contributed by atoms with Crippen LogP contribution in [0.1, 0.15) is 53.9 Å².